The van der Waals surface area contributed by atoms with E-state index in [-0.39, 0.29) is 21.8 Å². The summed E-state index contributed by atoms with van der Waals surface area (Å²) in [6.07, 6.45) is 0. The van der Waals surface area contributed by atoms with Gasteiger partial charge in [-0.25, -0.2) is 9.18 Å². The molecular weight excluding hydrogens is 308 g/mol. The van der Waals surface area contributed by atoms with Gasteiger partial charge in [0.2, 0.25) is 5.76 Å². The fourth-order valence-corrected chi connectivity index (χ4v) is 2.24. The van der Waals surface area contributed by atoms with Gasteiger partial charge in [-0.05, 0) is 31.2 Å². The Hall–Kier alpha value is -1.72. The second-order valence-electron chi connectivity index (χ2n) is 4.12. The van der Waals surface area contributed by atoms with Crippen LogP contribution in [0.2, 0.25) is 10.0 Å². The average molecular weight is 318 g/mol. The molecule has 0 aliphatic carbocycles. The molecule has 20 heavy (non-hydrogen) atoms. The number of halogens is 3. The van der Waals surface area contributed by atoms with Crippen molar-refractivity contribution in [2.24, 2.45) is 0 Å². The lowest BCUT2D eigenvalue weighted by Gasteiger charge is -2.15. The van der Waals surface area contributed by atoms with Crippen LogP contribution in [0, 0.1) is 5.82 Å². The fourth-order valence-electron chi connectivity index (χ4n) is 1.67. The largest absolute Gasteiger partial charge is 0.475 e. The van der Waals surface area contributed by atoms with Crippen molar-refractivity contribution in [3.05, 3.63) is 51.6 Å². The zero-order chi connectivity index (χ0) is 14.9. The maximum absolute atomic E-state index is 13.1. The number of furan rings is 1. The summed E-state index contributed by atoms with van der Waals surface area (Å²) in [5, 5.41) is 12.0. The van der Waals surface area contributed by atoms with Crippen LogP contribution in [0.1, 0.15) is 29.3 Å². The molecule has 2 aromatic rings. The first-order valence-corrected chi connectivity index (χ1v) is 6.38. The SMILES string of the molecule is CC(Nc1c(Cl)cc(F)cc1Cl)c1ccc(C(=O)O)o1. The quantitative estimate of drug-likeness (QED) is 0.865. The molecule has 0 spiro atoms. The highest BCUT2D eigenvalue weighted by Gasteiger charge is 2.17. The molecule has 0 aliphatic rings. The Morgan fingerprint density at radius 2 is 1.95 bits per heavy atom. The third kappa shape index (κ3) is 3.05. The fraction of sp³-hybridized carbons (Fsp3) is 0.154. The van der Waals surface area contributed by atoms with Crippen molar-refractivity contribution in [2.45, 2.75) is 13.0 Å². The molecule has 0 saturated carbocycles. The zero-order valence-electron chi connectivity index (χ0n) is 10.3. The minimum absolute atomic E-state index is 0.131. The van der Waals surface area contributed by atoms with Crippen LogP contribution in [0.5, 0.6) is 0 Å². The number of rotatable bonds is 4. The molecule has 0 bridgehead atoms. The molecule has 7 heteroatoms. The van der Waals surface area contributed by atoms with Crippen LogP contribution >= 0.6 is 23.2 Å². The van der Waals surface area contributed by atoms with E-state index in [4.69, 9.17) is 32.7 Å². The number of carboxylic acids is 1. The Labute approximate surface area is 124 Å². The van der Waals surface area contributed by atoms with Gasteiger partial charge in [-0.15, -0.1) is 0 Å². The van der Waals surface area contributed by atoms with Gasteiger partial charge < -0.3 is 14.8 Å². The lowest BCUT2D eigenvalue weighted by Crippen LogP contribution is -2.07. The van der Waals surface area contributed by atoms with E-state index in [1.54, 1.807) is 6.92 Å². The van der Waals surface area contributed by atoms with Gasteiger partial charge in [-0.2, -0.15) is 0 Å². The van der Waals surface area contributed by atoms with Crippen LogP contribution in [-0.2, 0) is 0 Å². The van der Waals surface area contributed by atoms with E-state index >= 15 is 0 Å². The van der Waals surface area contributed by atoms with Gasteiger partial charge in [0, 0.05) is 0 Å². The number of carboxylic acid groups (broad SMARTS) is 1. The van der Waals surface area contributed by atoms with Crippen molar-refractivity contribution in [1.29, 1.82) is 0 Å². The Balaban J connectivity index is 2.23. The second kappa shape index (κ2) is 5.73. The van der Waals surface area contributed by atoms with E-state index < -0.39 is 11.8 Å². The second-order valence-corrected chi connectivity index (χ2v) is 4.93. The maximum atomic E-state index is 13.1. The molecule has 1 atom stereocenters. The minimum atomic E-state index is -1.15. The number of anilines is 1. The van der Waals surface area contributed by atoms with Gasteiger partial charge in [0.05, 0.1) is 21.8 Å². The Bertz CT molecular complexity index is 634. The van der Waals surface area contributed by atoms with Gasteiger partial charge in [-0.3, -0.25) is 0 Å². The molecule has 4 nitrogen and oxygen atoms in total. The first-order valence-electron chi connectivity index (χ1n) is 5.62. The van der Waals surface area contributed by atoms with Crippen molar-refractivity contribution in [2.75, 3.05) is 5.32 Å². The third-order valence-corrected chi connectivity index (χ3v) is 3.23. The van der Waals surface area contributed by atoms with Gasteiger partial charge in [0.1, 0.15) is 11.6 Å². The lowest BCUT2D eigenvalue weighted by atomic mass is 10.2. The van der Waals surface area contributed by atoms with Crippen molar-refractivity contribution < 1.29 is 18.7 Å². The molecular formula is C13H10Cl2FNO3. The lowest BCUT2D eigenvalue weighted by molar-refractivity contribution is 0.0660. The smallest absolute Gasteiger partial charge is 0.371 e. The van der Waals surface area contributed by atoms with Crippen molar-refractivity contribution in [3.63, 3.8) is 0 Å². The van der Waals surface area contributed by atoms with Crippen LogP contribution in [0.25, 0.3) is 0 Å². The highest BCUT2D eigenvalue weighted by Crippen LogP contribution is 2.34. The molecule has 106 valence electrons. The van der Waals surface area contributed by atoms with Crippen LogP contribution in [-0.4, -0.2) is 11.1 Å². The first-order chi connectivity index (χ1) is 9.38. The number of nitrogens with one attached hydrogen (secondary N) is 1. The summed E-state index contributed by atoms with van der Waals surface area (Å²) in [6.45, 7) is 1.74. The molecule has 2 N–H and O–H groups in total. The molecule has 2 rings (SSSR count). The molecule has 0 radical (unpaired) electrons. The van der Waals surface area contributed by atoms with Crippen LogP contribution in [0.15, 0.2) is 28.7 Å². The van der Waals surface area contributed by atoms with E-state index in [2.05, 4.69) is 5.32 Å². The highest BCUT2D eigenvalue weighted by atomic mass is 35.5. The molecule has 1 heterocycles. The van der Waals surface area contributed by atoms with E-state index in [0.717, 1.165) is 12.1 Å². The van der Waals surface area contributed by atoms with Gasteiger partial charge in [0.15, 0.2) is 0 Å². The molecule has 0 fully saturated rings. The summed E-state index contributed by atoms with van der Waals surface area (Å²) in [6, 6.07) is 4.76. The monoisotopic (exact) mass is 317 g/mol. The molecule has 0 amide bonds. The summed E-state index contributed by atoms with van der Waals surface area (Å²) in [4.78, 5) is 10.7. The van der Waals surface area contributed by atoms with Gasteiger partial charge >= 0.3 is 5.97 Å². The summed E-state index contributed by atoms with van der Waals surface area (Å²) < 4.78 is 18.2. The average Bonchev–Trinajstić information content (AvgIpc) is 2.83. The van der Waals surface area contributed by atoms with Crippen LogP contribution < -0.4 is 5.32 Å². The van der Waals surface area contributed by atoms with Crippen molar-refractivity contribution in [3.8, 4) is 0 Å². The number of benzene rings is 1. The number of hydrogen-bond donors (Lipinski definition) is 2. The predicted octanol–water partition coefficient (Wildman–Crippen LogP) is 4.60. The summed E-state index contributed by atoms with van der Waals surface area (Å²) in [5.74, 6) is -1.45. The normalized spacial score (nSPS) is 12.2. The number of carbonyl (C=O) groups is 1. The van der Waals surface area contributed by atoms with Gasteiger partial charge in [-0.1, -0.05) is 23.2 Å². The Morgan fingerprint density at radius 1 is 1.35 bits per heavy atom. The van der Waals surface area contributed by atoms with E-state index in [1.165, 1.54) is 12.1 Å². The van der Waals surface area contributed by atoms with Crippen molar-refractivity contribution >= 4 is 34.9 Å². The molecule has 1 aromatic carbocycles. The summed E-state index contributed by atoms with van der Waals surface area (Å²) in [5.41, 5.74) is 0.357. The van der Waals surface area contributed by atoms with E-state index in [0.29, 0.717) is 11.4 Å². The maximum Gasteiger partial charge on any atom is 0.371 e. The molecule has 1 unspecified atom stereocenters. The Morgan fingerprint density at radius 3 is 2.45 bits per heavy atom. The Kier molecular flexibility index (Phi) is 4.20. The molecule has 0 aliphatic heterocycles. The summed E-state index contributed by atoms with van der Waals surface area (Å²) >= 11 is 11.8. The summed E-state index contributed by atoms with van der Waals surface area (Å²) in [7, 11) is 0. The highest BCUT2D eigenvalue weighted by molar-refractivity contribution is 6.39. The van der Waals surface area contributed by atoms with E-state index in [9.17, 15) is 9.18 Å². The molecule has 0 saturated heterocycles. The van der Waals surface area contributed by atoms with E-state index in [1.807, 2.05) is 0 Å². The third-order valence-electron chi connectivity index (χ3n) is 2.63. The van der Waals surface area contributed by atoms with Crippen LogP contribution in [0.3, 0.4) is 0 Å². The standard InChI is InChI=1S/C13H10Cl2FNO3/c1-6(10-2-3-11(20-10)13(18)19)17-12-8(14)4-7(16)5-9(12)15/h2-6,17H,1H3,(H,18,19). The topological polar surface area (TPSA) is 62.5 Å². The first kappa shape index (κ1) is 14.7. The number of hydrogen-bond acceptors (Lipinski definition) is 3. The van der Waals surface area contributed by atoms with Crippen LogP contribution in [0.4, 0.5) is 10.1 Å². The van der Waals surface area contributed by atoms with Gasteiger partial charge in [0.25, 0.3) is 0 Å². The zero-order valence-corrected chi connectivity index (χ0v) is 11.8. The number of aromatic carboxylic acids is 1. The molecule has 1 aromatic heterocycles. The minimum Gasteiger partial charge on any atom is -0.475 e. The van der Waals surface area contributed by atoms with Crippen molar-refractivity contribution in [1.82, 2.24) is 0 Å². The predicted molar refractivity (Wildman–Crippen MR) is 74.1 cm³/mol.